The van der Waals surface area contributed by atoms with Crippen molar-refractivity contribution in [1.29, 1.82) is 5.26 Å². The molecule has 1 atom stereocenters. The van der Waals surface area contributed by atoms with Gasteiger partial charge in [-0.15, -0.1) is 0 Å². The van der Waals surface area contributed by atoms with Crippen molar-refractivity contribution in [2.24, 2.45) is 0 Å². The summed E-state index contributed by atoms with van der Waals surface area (Å²) in [6, 6.07) is 13.4. The predicted octanol–water partition coefficient (Wildman–Crippen LogP) is 3.11. The van der Waals surface area contributed by atoms with Gasteiger partial charge >= 0.3 is 0 Å². The molecule has 0 spiro atoms. The molecule has 0 saturated carbocycles. The monoisotopic (exact) mass is 330 g/mol. The molecule has 0 aliphatic rings. The van der Waals surface area contributed by atoms with Crippen LogP contribution in [-0.2, 0) is 0 Å². The lowest BCUT2D eigenvalue weighted by molar-refractivity contribution is 0.0924. The molecule has 0 fully saturated rings. The molecule has 0 radical (unpaired) electrons. The van der Waals surface area contributed by atoms with Gasteiger partial charge in [0.05, 0.1) is 16.7 Å². The number of aliphatic hydroxyl groups excluding tert-OH is 1. The van der Waals surface area contributed by atoms with Crippen molar-refractivity contribution >= 4 is 17.5 Å². The van der Waals surface area contributed by atoms with E-state index in [0.29, 0.717) is 22.6 Å². The van der Waals surface area contributed by atoms with Crippen LogP contribution in [0.1, 0.15) is 22.8 Å². The van der Waals surface area contributed by atoms with Crippen molar-refractivity contribution in [3.63, 3.8) is 0 Å². The van der Waals surface area contributed by atoms with E-state index >= 15 is 0 Å². The molecule has 118 valence electrons. The zero-order valence-electron chi connectivity index (χ0n) is 12.4. The van der Waals surface area contributed by atoms with Gasteiger partial charge in [-0.1, -0.05) is 23.7 Å². The molecule has 2 N–H and O–H groups in total. The first-order chi connectivity index (χ1) is 11.0. The van der Waals surface area contributed by atoms with Crippen molar-refractivity contribution in [2.45, 2.75) is 13.0 Å². The zero-order chi connectivity index (χ0) is 16.8. The third-order valence-corrected chi connectivity index (χ3v) is 3.27. The van der Waals surface area contributed by atoms with E-state index in [0.717, 1.165) is 0 Å². The minimum absolute atomic E-state index is 0.157. The topological polar surface area (TPSA) is 82.3 Å². The number of aliphatic hydroxyl groups is 1. The quantitative estimate of drug-likeness (QED) is 0.882. The fourth-order valence-electron chi connectivity index (χ4n) is 1.83. The van der Waals surface area contributed by atoms with E-state index in [-0.39, 0.29) is 17.5 Å². The molecule has 0 saturated heterocycles. The Hall–Kier alpha value is -2.55. The van der Waals surface area contributed by atoms with Gasteiger partial charge in [0.25, 0.3) is 5.91 Å². The Bertz CT molecular complexity index is 754. The summed E-state index contributed by atoms with van der Waals surface area (Å²) >= 11 is 6.14. The normalized spacial score (nSPS) is 11.4. The molecular formula is C17H15ClN2O3. The first-order valence-corrected chi connectivity index (χ1v) is 7.32. The van der Waals surface area contributed by atoms with Crippen LogP contribution in [0, 0.1) is 11.3 Å². The molecule has 5 nitrogen and oxygen atoms in total. The molecule has 0 heterocycles. The molecule has 1 unspecified atom stereocenters. The average Bonchev–Trinajstić information content (AvgIpc) is 2.54. The van der Waals surface area contributed by atoms with Crippen LogP contribution in [0.25, 0.3) is 0 Å². The minimum Gasteiger partial charge on any atom is -0.454 e. The number of benzene rings is 2. The highest BCUT2D eigenvalue weighted by molar-refractivity contribution is 6.32. The summed E-state index contributed by atoms with van der Waals surface area (Å²) in [6.45, 7) is 1.74. The molecule has 0 aliphatic heterocycles. The average molecular weight is 331 g/mol. The highest BCUT2D eigenvalue weighted by atomic mass is 35.5. The summed E-state index contributed by atoms with van der Waals surface area (Å²) in [6.07, 6.45) is -0.625. The van der Waals surface area contributed by atoms with Gasteiger partial charge in [0.2, 0.25) is 0 Å². The molecule has 1 amide bonds. The lowest BCUT2D eigenvalue weighted by Crippen LogP contribution is -2.30. The van der Waals surface area contributed by atoms with Crippen molar-refractivity contribution in [1.82, 2.24) is 5.32 Å². The van der Waals surface area contributed by atoms with Crippen LogP contribution in [0.4, 0.5) is 0 Å². The van der Waals surface area contributed by atoms with Crippen LogP contribution in [0.5, 0.6) is 11.5 Å². The standard InChI is InChI=1S/C17H15ClN2O3/c1-11(21)10-20-17(22)12-6-7-16(14(18)8-12)23-15-5-3-2-4-13(15)9-19/h2-8,11,21H,10H2,1H3,(H,20,22). The molecule has 6 heteroatoms. The lowest BCUT2D eigenvalue weighted by Gasteiger charge is -2.11. The largest absolute Gasteiger partial charge is 0.454 e. The van der Waals surface area contributed by atoms with E-state index in [4.69, 9.17) is 21.6 Å². The molecule has 2 rings (SSSR count). The molecule has 2 aromatic carbocycles. The van der Waals surface area contributed by atoms with Crippen LogP contribution in [0.3, 0.4) is 0 Å². The third-order valence-electron chi connectivity index (χ3n) is 2.98. The number of para-hydroxylation sites is 1. The van der Waals surface area contributed by atoms with Crippen molar-refractivity contribution < 1.29 is 14.6 Å². The Morgan fingerprint density at radius 1 is 1.35 bits per heavy atom. The highest BCUT2D eigenvalue weighted by Crippen LogP contribution is 2.31. The summed E-state index contributed by atoms with van der Waals surface area (Å²) in [4.78, 5) is 11.9. The number of carbonyl (C=O) groups excluding carboxylic acids is 1. The zero-order valence-corrected chi connectivity index (χ0v) is 13.2. The van der Waals surface area contributed by atoms with Crippen LogP contribution < -0.4 is 10.1 Å². The summed E-state index contributed by atoms with van der Waals surface area (Å²) in [5, 5.41) is 21.1. The Morgan fingerprint density at radius 2 is 2.09 bits per heavy atom. The third kappa shape index (κ3) is 4.46. The number of amides is 1. The maximum atomic E-state index is 11.9. The second-order valence-corrected chi connectivity index (χ2v) is 5.32. The number of hydrogen-bond acceptors (Lipinski definition) is 4. The number of nitrogens with zero attached hydrogens (tertiary/aromatic N) is 1. The Labute approximate surface area is 139 Å². The van der Waals surface area contributed by atoms with Crippen molar-refractivity contribution in [2.75, 3.05) is 6.54 Å². The van der Waals surface area contributed by atoms with Gasteiger partial charge in [0, 0.05) is 12.1 Å². The fraction of sp³-hybridized carbons (Fsp3) is 0.176. The van der Waals surface area contributed by atoms with Crippen LogP contribution in [0.15, 0.2) is 42.5 Å². The second-order valence-electron chi connectivity index (χ2n) is 4.91. The number of hydrogen-bond donors (Lipinski definition) is 2. The summed E-state index contributed by atoms with van der Waals surface area (Å²) < 4.78 is 5.64. The SMILES string of the molecule is CC(O)CNC(=O)c1ccc(Oc2ccccc2C#N)c(Cl)c1. The predicted molar refractivity (Wildman–Crippen MR) is 86.7 cm³/mol. The number of carbonyl (C=O) groups is 1. The molecule has 2 aromatic rings. The fourth-order valence-corrected chi connectivity index (χ4v) is 2.05. The van der Waals surface area contributed by atoms with E-state index in [1.807, 2.05) is 6.07 Å². The van der Waals surface area contributed by atoms with Crippen LogP contribution in [-0.4, -0.2) is 23.7 Å². The van der Waals surface area contributed by atoms with Gasteiger partial charge in [0.15, 0.2) is 0 Å². The first-order valence-electron chi connectivity index (χ1n) is 6.94. The number of rotatable bonds is 5. The summed E-state index contributed by atoms with van der Waals surface area (Å²) in [5.74, 6) is 0.404. The smallest absolute Gasteiger partial charge is 0.251 e. The Balaban J connectivity index is 2.17. The summed E-state index contributed by atoms with van der Waals surface area (Å²) in [5.41, 5.74) is 0.749. The van der Waals surface area contributed by atoms with Gasteiger partial charge in [-0.3, -0.25) is 4.79 Å². The maximum Gasteiger partial charge on any atom is 0.251 e. The molecule has 23 heavy (non-hydrogen) atoms. The minimum atomic E-state index is -0.625. The number of nitrogens with one attached hydrogen (secondary N) is 1. The van der Waals surface area contributed by atoms with Crippen LogP contribution >= 0.6 is 11.6 Å². The van der Waals surface area contributed by atoms with Crippen LogP contribution in [0.2, 0.25) is 5.02 Å². The van der Waals surface area contributed by atoms with E-state index < -0.39 is 6.10 Å². The van der Waals surface area contributed by atoms with Gasteiger partial charge in [-0.05, 0) is 37.3 Å². The second kappa shape index (κ2) is 7.63. The van der Waals surface area contributed by atoms with E-state index in [1.54, 1.807) is 43.3 Å². The van der Waals surface area contributed by atoms with Crippen molar-refractivity contribution in [3.05, 3.63) is 58.6 Å². The molecule has 0 aromatic heterocycles. The highest BCUT2D eigenvalue weighted by Gasteiger charge is 2.12. The number of nitriles is 1. The van der Waals surface area contributed by atoms with Gasteiger partial charge < -0.3 is 15.2 Å². The van der Waals surface area contributed by atoms with Gasteiger partial charge in [0.1, 0.15) is 17.6 Å². The van der Waals surface area contributed by atoms with Gasteiger partial charge in [-0.2, -0.15) is 5.26 Å². The molecular weight excluding hydrogens is 316 g/mol. The van der Waals surface area contributed by atoms with E-state index in [9.17, 15) is 9.90 Å². The Morgan fingerprint density at radius 3 is 2.74 bits per heavy atom. The molecule has 0 aliphatic carbocycles. The van der Waals surface area contributed by atoms with E-state index in [1.165, 1.54) is 6.07 Å². The maximum absolute atomic E-state index is 11.9. The molecule has 0 bridgehead atoms. The number of ether oxygens (including phenoxy) is 1. The number of halogens is 1. The Kier molecular flexibility index (Phi) is 5.58. The van der Waals surface area contributed by atoms with Crippen molar-refractivity contribution in [3.8, 4) is 17.6 Å². The van der Waals surface area contributed by atoms with Gasteiger partial charge in [-0.25, -0.2) is 0 Å². The first kappa shape index (κ1) is 16.8. The van der Waals surface area contributed by atoms with E-state index in [2.05, 4.69) is 5.32 Å². The lowest BCUT2D eigenvalue weighted by atomic mass is 10.2. The summed E-state index contributed by atoms with van der Waals surface area (Å²) in [7, 11) is 0.